The van der Waals surface area contributed by atoms with Crippen LogP contribution in [0.3, 0.4) is 0 Å². The molecule has 2 heterocycles. The van der Waals surface area contributed by atoms with Crippen LogP contribution in [-0.2, 0) is 0 Å². The molecule has 1 aromatic rings. The molecule has 96 valence electrons. The Morgan fingerprint density at radius 3 is 2.65 bits per heavy atom. The summed E-state index contributed by atoms with van der Waals surface area (Å²) in [6.45, 7) is 8.06. The number of rotatable bonds is 4. The lowest BCUT2D eigenvalue weighted by molar-refractivity contribution is 0.0874. The normalized spacial score (nSPS) is 20.6. The fourth-order valence-corrected chi connectivity index (χ4v) is 2.22. The summed E-state index contributed by atoms with van der Waals surface area (Å²) in [5.74, 6) is 1.63. The summed E-state index contributed by atoms with van der Waals surface area (Å²) in [7, 11) is 0. The van der Waals surface area contributed by atoms with Gasteiger partial charge in [0.05, 0.1) is 12.2 Å². The smallest absolute Gasteiger partial charge is 0.211 e. The molecular weight excluding hydrogens is 221 g/mol. The number of alkyl halides is 1. The van der Waals surface area contributed by atoms with Crippen molar-refractivity contribution in [2.24, 2.45) is 0 Å². The highest BCUT2D eigenvalue weighted by Crippen LogP contribution is 2.21. The second-order valence-electron chi connectivity index (χ2n) is 4.55. The fourth-order valence-electron chi connectivity index (χ4n) is 2.22. The van der Waals surface area contributed by atoms with Gasteiger partial charge in [0, 0.05) is 32.7 Å². The van der Waals surface area contributed by atoms with Crippen LogP contribution < -0.4 is 0 Å². The molecule has 17 heavy (non-hydrogen) atoms. The monoisotopic (exact) mass is 241 g/mol. The maximum Gasteiger partial charge on any atom is 0.211 e. The van der Waals surface area contributed by atoms with Gasteiger partial charge >= 0.3 is 0 Å². The van der Waals surface area contributed by atoms with Crippen molar-refractivity contribution in [2.75, 3.05) is 39.4 Å². The Balaban J connectivity index is 1.88. The molecule has 0 saturated carbocycles. The number of hydrogen-bond donors (Lipinski definition) is 0. The molecular formula is C12H20FN3O. The number of oxazole rings is 1. The van der Waals surface area contributed by atoms with Crippen molar-refractivity contribution in [2.45, 2.75) is 19.9 Å². The maximum absolute atomic E-state index is 12.2. The molecule has 1 saturated heterocycles. The van der Waals surface area contributed by atoms with Crippen LogP contribution in [0.5, 0.6) is 0 Å². The number of hydrogen-bond acceptors (Lipinski definition) is 4. The Hall–Kier alpha value is -0.940. The van der Waals surface area contributed by atoms with Crippen LogP contribution in [0.25, 0.3) is 0 Å². The fraction of sp³-hybridized carbons (Fsp3) is 0.750. The molecule has 1 aliphatic heterocycles. The molecule has 1 fully saturated rings. The van der Waals surface area contributed by atoms with Gasteiger partial charge in [-0.15, -0.1) is 0 Å². The largest absolute Gasteiger partial charge is 0.444 e. The van der Waals surface area contributed by atoms with Crippen molar-refractivity contribution in [3.05, 3.63) is 17.8 Å². The molecule has 0 aromatic carbocycles. The van der Waals surface area contributed by atoms with Crippen LogP contribution in [0.2, 0.25) is 0 Å². The van der Waals surface area contributed by atoms with E-state index in [1.807, 2.05) is 6.92 Å². The molecule has 1 unspecified atom stereocenters. The summed E-state index contributed by atoms with van der Waals surface area (Å²) >= 11 is 0. The van der Waals surface area contributed by atoms with Crippen LogP contribution in [0.15, 0.2) is 10.6 Å². The van der Waals surface area contributed by atoms with Gasteiger partial charge in [-0.05, 0) is 13.8 Å². The minimum atomic E-state index is -0.255. The zero-order valence-electron chi connectivity index (χ0n) is 10.5. The van der Waals surface area contributed by atoms with E-state index in [1.165, 1.54) is 0 Å². The summed E-state index contributed by atoms with van der Waals surface area (Å²) in [4.78, 5) is 8.75. The molecule has 4 nitrogen and oxygen atoms in total. The van der Waals surface area contributed by atoms with Crippen molar-refractivity contribution in [3.63, 3.8) is 0 Å². The molecule has 1 aliphatic rings. The molecule has 0 amide bonds. The van der Waals surface area contributed by atoms with E-state index < -0.39 is 0 Å². The highest BCUT2D eigenvalue weighted by atomic mass is 19.1. The summed E-state index contributed by atoms with van der Waals surface area (Å²) in [5.41, 5.74) is 0. The molecule has 2 rings (SSSR count). The molecule has 0 bridgehead atoms. The number of aromatic nitrogens is 1. The van der Waals surface area contributed by atoms with Crippen molar-refractivity contribution in [3.8, 4) is 0 Å². The van der Waals surface area contributed by atoms with E-state index in [2.05, 4.69) is 21.7 Å². The third-order valence-corrected chi connectivity index (χ3v) is 3.35. The van der Waals surface area contributed by atoms with Gasteiger partial charge < -0.3 is 4.42 Å². The minimum absolute atomic E-state index is 0.205. The van der Waals surface area contributed by atoms with E-state index in [0.717, 1.165) is 37.8 Å². The molecule has 0 N–H and O–H groups in total. The molecule has 0 spiro atoms. The lowest BCUT2D eigenvalue weighted by atomic mass is 10.2. The third-order valence-electron chi connectivity index (χ3n) is 3.35. The zero-order valence-corrected chi connectivity index (χ0v) is 10.5. The van der Waals surface area contributed by atoms with Gasteiger partial charge in [0.1, 0.15) is 12.4 Å². The first-order valence-electron chi connectivity index (χ1n) is 6.15. The Morgan fingerprint density at radius 1 is 1.41 bits per heavy atom. The third kappa shape index (κ3) is 3.04. The molecule has 5 heteroatoms. The number of nitrogens with zero attached hydrogens (tertiary/aromatic N) is 3. The van der Waals surface area contributed by atoms with Gasteiger partial charge in [-0.25, -0.2) is 9.37 Å². The molecule has 1 atom stereocenters. The summed E-state index contributed by atoms with van der Waals surface area (Å²) in [6.07, 6.45) is 1.76. The molecule has 0 aliphatic carbocycles. The van der Waals surface area contributed by atoms with E-state index in [-0.39, 0.29) is 12.7 Å². The quantitative estimate of drug-likeness (QED) is 0.802. The van der Waals surface area contributed by atoms with Gasteiger partial charge in [-0.3, -0.25) is 9.80 Å². The first-order valence-corrected chi connectivity index (χ1v) is 6.15. The average molecular weight is 241 g/mol. The highest BCUT2D eigenvalue weighted by molar-refractivity contribution is 4.96. The Bertz CT molecular complexity index is 347. The SMILES string of the molecule is Cc1cnc(C(C)N2CCN(CCF)CC2)o1. The van der Waals surface area contributed by atoms with E-state index in [9.17, 15) is 4.39 Å². The standard InChI is InChI=1S/C12H20FN3O/c1-10-9-14-12(17-10)11(2)16-7-5-15(4-3-13)6-8-16/h9,11H,3-8H2,1-2H3. The van der Waals surface area contributed by atoms with Crippen molar-refractivity contribution in [1.82, 2.24) is 14.8 Å². The lowest BCUT2D eigenvalue weighted by Gasteiger charge is -2.36. The van der Waals surface area contributed by atoms with Gasteiger partial charge in [-0.2, -0.15) is 0 Å². The Morgan fingerprint density at radius 2 is 2.12 bits per heavy atom. The lowest BCUT2D eigenvalue weighted by Crippen LogP contribution is -2.47. The maximum atomic E-state index is 12.2. The minimum Gasteiger partial charge on any atom is -0.444 e. The molecule has 0 radical (unpaired) electrons. The number of piperazine rings is 1. The first-order chi connectivity index (χ1) is 8.20. The second kappa shape index (κ2) is 5.60. The predicted molar refractivity (Wildman–Crippen MR) is 63.6 cm³/mol. The van der Waals surface area contributed by atoms with Crippen molar-refractivity contribution in [1.29, 1.82) is 0 Å². The summed E-state index contributed by atoms with van der Waals surface area (Å²) in [6, 6.07) is 0.205. The van der Waals surface area contributed by atoms with Gasteiger partial charge in [0.15, 0.2) is 0 Å². The average Bonchev–Trinajstić information content (AvgIpc) is 2.76. The van der Waals surface area contributed by atoms with Gasteiger partial charge in [0.2, 0.25) is 5.89 Å². The van der Waals surface area contributed by atoms with Gasteiger partial charge in [-0.1, -0.05) is 0 Å². The Kier molecular flexibility index (Phi) is 4.12. The summed E-state index contributed by atoms with van der Waals surface area (Å²) < 4.78 is 17.8. The zero-order chi connectivity index (χ0) is 12.3. The predicted octanol–water partition coefficient (Wildman–Crippen LogP) is 1.63. The van der Waals surface area contributed by atoms with E-state index in [1.54, 1.807) is 6.20 Å². The van der Waals surface area contributed by atoms with Crippen LogP contribution in [0.4, 0.5) is 4.39 Å². The number of aryl methyl sites for hydroxylation is 1. The van der Waals surface area contributed by atoms with Crippen molar-refractivity contribution < 1.29 is 8.81 Å². The van der Waals surface area contributed by atoms with E-state index in [0.29, 0.717) is 6.54 Å². The number of halogens is 1. The second-order valence-corrected chi connectivity index (χ2v) is 4.55. The van der Waals surface area contributed by atoms with Gasteiger partial charge in [0.25, 0.3) is 0 Å². The summed E-state index contributed by atoms with van der Waals surface area (Å²) in [5, 5.41) is 0. The topological polar surface area (TPSA) is 32.5 Å². The van der Waals surface area contributed by atoms with Crippen LogP contribution in [0, 0.1) is 6.92 Å². The van der Waals surface area contributed by atoms with Crippen LogP contribution >= 0.6 is 0 Å². The van der Waals surface area contributed by atoms with Crippen LogP contribution in [0.1, 0.15) is 24.6 Å². The highest BCUT2D eigenvalue weighted by Gasteiger charge is 2.24. The first kappa shape index (κ1) is 12.5. The molecule has 1 aromatic heterocycles. The Labute approximate surface area is 101 Å². The van der Waals surface area contributed by atoms with E-state index >= 15 is 0 Å². The van der Waals surface area contributed by atoms with Crippen molar-refractivity contribution >= 4 is 0 Å². The van der Waals surface area contributed by atoms with Crippen LogP contribution in [-0.4, -0.2) is 54.2 Å². The van der Waals surface area contributed by atoms with E-state index in [4.69, 9.17) is 4.42 Å².